The van der Waals surface area contributed by atoms with Gasteiger partial charge in [0.2, 0.25) is 0 Å². The smallest absolute Gasteiger partial charge is 0.168 e. The van der Waals surface area contributed by atoms with Gasteiger partial charge in [-0.1, -0.05) is 180 Å². The van der Waals surface area contributed by atoms with E-state index in [1.165, 1.54) is 193 Å². The van der Waals surface area contributed by atoms with E-state index in [0.717, 1.165) is 0 Å². The first-order valence-electron chi connectivity index (χ1n) is 19.7. The molecule has 2 aromatic rings. The van der Waals surface area contributed by atoms with Crippen molar-refractivity contribution < 1.29 is 9.13 Å². The minimum absolute atomic E-state index is 0. The molecule has 0 bridgehead atoms. The fourth-order valence-electron chi connectivity index (χ4n) is 6.14. The van der Waals surface area contributed by atoms with E-state index in [4.69, 9.17) is 0 Å². The zero-order valence-electron chi connectivity index (χ0n) is 30.7. The summed E-state index contributed by atoms with van der Waals surface area (Å²) in [4.78, 5) is 0. The first-order valence-corrected chi connectivity index (χ1v) is 19.7. The molecule has 2 heterocycles. The van der Waals surface area contributed by atoms with Crippen LogP contribution in [0.2, 0.25) is 0 Å². The van der Waals surface area contributed by atoms with E-state index < -0.39 is 0 Å². The number of nitrogens with zero attached hydrogens (tertiary/aromatic N) is 2. The van der Waals surface area contributed by atoms with E-state index >= 15 is 0 Å². The Morgan fingerprint density at radius 2 is 0.457 bits per heavy atom. The molecule has 0 saturated carbocycles. The van der Waals surface area contributed by atoms with Gasteiger partial charge in [0, 0.05) is 37.1 Å². The third-order valence-corrected chi connectivity index (χ3v) is 9.09. The van der Waals surface area contributed by atoms with Gasteiger partial charge in [0.15, 0.2) is 24.8 Å². The number of hydrogen-bond acceptors (Lipinski definition) is 0. The van der Waals surface area contributed by atoms with Gasteiger partial charge < -0.3 is 0 Å². The van der Waals surface area contributed by atoms with Gasteiger partial charge in [0.25, 0.3) is 0 Å². The van der Waals surface area contributed by atoms with Crippen LogP contribution in [0.1, 0.15) is 194 Å². The third kappa shape index (κ3) is 34.2. The summed E-state index contributed by atoms with van der Waals surface area (Å²) in [6.07, 6.45) is 48.8. The highest BCUT2D eigenvalue weighted by molar-refractivity contribution is 5.85. The second kappa shape index (κ2) is 40.1. The monoisotopic (exact) mass is 681 g/mol. The Morgan fingerprint density at radius 3 is 0.674 bits per heavy atom. The summed E-state index contributed by atoms with van der Waals surface area (Å²) in [7, 11) is 0. The maximum absolute atomic E-state index is 2.29. The molecule has 2 rings (SSSR count). The molecule has 2 nitrogen and oxygen atoms in total. The van der Waals surface area contributed by atoms with Gasteiger partial charge in [-0.25, -0.2) is 9.13 Å². The van der Waals surface area contributed by atoms with Gasteiger partial charge in [-0.2, -0.15) is 0 Å². The Kier molecular flexibility index (Phi) is 40.9. The molecule has 0 saturated heterocycles. The summed E-state index contributed by atoms with van der Waals surface area (Å²) in [6.45, 7) is 6.94. The molecule has 0 fully saturated rings. The van der Waals surface area contributed by atoms with Crippen LogP contribution >= 0.6 is 24.8 Å². The molecule has 0 unspecified atom stereocenters. The van der Waals surface area contributed by atoms with E-state index in [0.29, 0.717) is 0 Å². The summed E-state index contributed by atoms with van der Waals surface area (Å²) in [5, 5.41) is 0. The number of rotatable bonds is 30. The Balaban J connectivity index is 0. The van der Waals surface area contributed by atoms with Gasteiger partial charge in [-0.3, -0.25) is 0 Å². The van der Waals surface area contributed by atoms with E-state index in [-0.39, 0.29) is 24.8 Å². The molecule has 0 aliphatic heterocycles. The maximum atomic E-state index is 2.29. The largest absolute Gasteiger partial charge is 0.205 e. The highest BCUT2D eigenvalue weighted by Gasteiger charge is 1.99. The average molecular weight is 682 g/mol. The number of aryl methyl sites for hydroxylation is 2. The van der Waals surface area contributed by atoms with Crippen LogP contribution in [0.4, 0.5) is 0 Å². The summed E-state index contributed by atoms with van der Waals surface area (Å²) in [5.41, 5.74) is 0. The first kappa shape index (κ1) is 47.0. The van der Waals surface area contributed by atoms with Gasteiger partial charge >= 0.3 is 0 Å². The molecular weight excluding hydrogens is 603 g/mol. The fraction of sp³-hybridized carbons (Fsp3) is 0.762. The quantitative estimate of drug-likeness (QED) is 0.0573. The lowest BCUT2D eigenvalue weighted by molar-refractivity contribution is -0.697. The molecule has 0 atom stereocenters. The number of halogens is 2. The summed E-state index contributed by atoms with van der Waals surface area (Å²) < 4.78 is 4.58. The van der Waals surface area contributed by atoms with Crippen molar-refractivity contribution in [2.45, 2.75) is 207 Å². The molecule has 2 aromatic heterocycles. The maximum Gasteiger partial charge on any atom is 0.168 e. The molecule has 0 aliphatic rings. The van der Waals surface area contributed by atoms with Crippen LogP contribution in [-0.2, 0) is 13.1 Å². The summed E-state index contributed by atoms with van der Waals surface area (Å²) >= 11 is 0. The van der Waals surface area contributed by atoms with Crippen LogP contribution in [-0.4, -0.2) is 0 Å². The number of aromatic nitrogens is 2. The van der Waals surface area contributed by atoms with Crippen LogP contribution in [0.15, 0.2) is 61.2 Å². The van der Waals surface area contributed by atoms with Crippen molar-refractivity contribution in [2.24, 2.45) is 0 Å². The van der Waals surface area contributed by atoms with Gasteiger partial charge in [-0.05, 0) is 12.8 Å². The SMILES string of the molecule is CCCCCCCCCCCCCCCC[n+]1ccccc1.CCCCCCCCCCCCCCCC[n+]1ccccc1.Cl.Cl. The van der Waals surface area contributed by atoms with Crippen molar-refractivity contribution in [2.75, 3.05) is 0 Å². The predicted octanol–water partition coefficient (Wildman–Crippen LogP) is 13.8. The van der Waals surface area contributed by atoms with Crippen molar-refractivity contribution in [3.8, 4) is 0 Å². The molecular formula is C42H78Cl2N2+2. The molecule has 0 radical (unpaired) electrons. The molecule has 0 aromatic carbocycles. The number of pyridine rings is 2. The Bertz CT molecular complexity index is 719. The van der Waals surface area contributed by atoms with Crippen LogP contribution in [0.25, 0.3) is 0 Å². The van der Waals surface area contributed by atoms with Crippen molar-refractivity contribution in [3.05, 3.63) is 61.2 Å². The van der Waals surface area contributed by atoms with Gasteiger partial charge in [-0.15, -0.1) is 24.8 Å². The third-order valence-electron chi connectivity index (χ3n) is 9.09. The van der Waals surface area contributed by atoms with E-state index in [9.17, 15) is 0 Å². The van der Waals surface area contributed by atoms with Crippen LogP contribution < -0.4 is 9.13 Å². The molecule has 4 heteroatoms. The molecule has 268 valence electrons. The summed E-state index contributed by atoms with van der Waals surface area (Å²) in [5.74, 6) is 0. The second-order valence-electron chi connectivity index (χ2n) is 13.4. The van der Waals surface area contributed by atoms with Crippen molar-refractivity contribution >= 4 is 24.8 Å². The zero-order valence-corrected chi connectivity index (χ0v) is 32.3. The zero-order chi connectivity index (χ0) is 31.4. The van der Waals surface area contributed by atoms with E-state index in [1.807, 2.05) is 0 Å². The number of unbranched alkanes of at least 4 members (excludes halogenated alkanes) is 26. The van der Waals surface area contributed by atoms with Crippen LogP contribution in [0, 0.1) is 0 Å². The second-order valence-corrected chi connectivity index (χ2v) is 13.4. The van der Waals surface area contributed by atoms with Crippen molar-refractivity contribution in [1.82, 2.24) is 0 Å². The summed E-state index contributed by atoms with van der Waals surface area (Å²) in [6, 6.07) is 12.6. The van der Waals surface area contributed by atoms with Crippen LogP contribution in [0.5, 0.6) is 0 Å². The topological polar surface area (TPSA) is 7.76 Å². The first-order chi connectivity index (χ1) is 21.9. The van der Waals surface area contributed by atoms with Crippen LogP contribution in [0.3, 0.4) is 0 Å². The minimum Gasteiger partial charge on any atom is -0.205 e. The average Bonchev–Trinajstić information content (AvgIpc) is 3.06. The lowest BCUT2D eigenvalue weighted by atomic mass is 10.0. The van der Waals surface area contributed by atoms with E-state index in [2.05, 4.69) is 84.2 Å². The molecule has 46 heavy (non-hydrogen) atoms. The number of hydrogen-bond donors (Lipinski definition) is 0. The predicted molar refractivity (Wildman–Crippen MR) is 208 cm³/mol. The molecule has 0 amide bonds. The van der Waals surface area contributed by atoms with Crippen molar-refractivity contribution in [3.63, 3.8) is 0 Å². The lowest BCUT2D eigenvalue weighted by Gasteiger charge is -2.02. The fourth-order valence-corrected chi connectivity index (χ4v) is 6.14. The van der Waals surface area contributed by atoms with Gasteiger partial charge in [0.05, 0.1) is 0 Å². The molecule has 0 spiro atoms. The highest BCUT2D eigenvalue weighted by atomic mass is 35.5. The Labute approximate surface area is 300 Å². The Morgan fingerprint density at radius 1 is 0.261 bits per heavy atom. The lowest BCUT2D eigenvalue weighted by Crippen LogP contribution is -2.32. The highest BCUT2D eigenvalue weighted by Crippen LogP contribution is 2.14. The van der Waals surface area contributed by atoms with E-state index in [1.54, 1.807) is 0 Å². The molecule has 0 N–H and O–H groups in total. The normalized spacial score (nSPS) is 10.5. The van der Waals surface area contributed by atoms with Crippen molar-refractivity contribution in [1.29, 1.82) is 0 Å². The minimum atomic E-state index is 0. The standard InChI is InChI=1S/2C21H38N.2ClH/c2*1-2-3-4-5-6-7-8-9-10-11-12-13-14-16-19-22-20-17-15-18-21-22;;/h2*15,17-18,20-21H,2-14,16,19H2,1H3;2*1H/q2*+1;;. The van der Waals surface area contributed by atoms with Gasteiger partial charge in [0.1, 0.15) is 13.1 Å². The molecule has 0 aliphatic carbocycles. The Hall–Kier alpha value is -1.12.